The molecular weight excluding hydrogens is 376 g/mol. The molecule has 0 saturated carbocycles. The SMILES string of the molecule is NC(=NCc1cccc(S(N)(=O)=O)c1)Nc1cccc(Oc2ccccc2)c1. The number of sulfonamides is 1. The molecule has 3 aromatic rings. The van der Waals surface area contributed by atoms with Gasteiger partial charge in [-0.3, -0.25) is 0 Å². The van der Waals surface area contributed by atoms with Crippen LogP contribution < -0.4 is 20.9 Å². The molecule has 8 heteroatoms. The third-order valence-electron chi connectivity index (χ3n) is 3.74. The van der Waals surface area contributed by atoms with Crippen LogP contribution in [-0.2, 0) is 16.6 Å². The molecule has 0 spiro atoms. The fourth-order valence-corrected chi connectivity index (χ4v) is 3.03. The van der Waals surface area contributed by atoms with Crippen LogP contribution in [0, 0.1) is 0 Å². The van der Waals surface area contributed by atoms with Gasteiger partial charge < -0.3 is 15.8 Å². The normalized spacial score (nSPS) is 11.8. The van der Waals surface area contributed by atoms with Crippen molar-refractivity contribution in [1.82, 2.24) is 0 Å². The van der Waals surface area contributed by atoms with Crippen LogP contribution in [0.2, 0.25) is 0 Å². The molecule has 0 bridgehead atoms. The first-order valence-corrected chi connectivity index (χ1v) is 9.96. The second-order valence-corrected chi connectivity index (χ2v) is 7.52. The summed E-state index contributed by atoms with van der Waals surface area (Å²) in [5, 5.41) is 8.13. The van der Waals surface area contributed by atoms with E-state index in [2.05, 4.69) is 10.3 Å². The summed E-state index contributed by atoms with van der Waals surface area (Å²) in [6.07, 6.45) is 0. The minimum atomic E-state index is -3.75. The lowest BCUT2D eigenvalue weighted by atomic mass is 10.2. The molecule has 0 fully saturated rings. The van der Waals surface area contributed by atoms with E-state index in [1.807, 2.05) is 48.5 Å². The molecule has 0 atom stereocenters. The van der Waals surface area contributed by atoms with Crippen molar-refractivity contribution in [2.75, 3.05) is 5.32 Å². The zero-order valence-corrected chi connectivity index (χ0v) is 15.8. The number of para-hydroxylation sites is 1. The largest absolute Gasteiger partial charge is 0.457 e. The van der Waals surface area contributed by atoms with Gasteiger partial charge in [-0.15, -0.1) is 0 Å². The summed E-state index contributed by atoms with van der Waals surface area (Å²) in [5.41, 5.74) is 7.33. The number of nitrogens with one attached hydrogen (secondary N) is 1. The van der Waals surface area contributed by atoms with Crippen molar-refractivity contribution >= 4 is 21.7 Å². The molecule has 0 unspecified atom stereocenters. The maximum Gasteiger partial charge on any atom is 0.238 e. The van der Waals surface area contributed by atoms with Crippen molar-refractivity contribution in [2.45, 2.75) is 11.4 Å². The number of aliphatic imine (C=N–C) groups is 1. The Balaban J connectivity index is 1.66. The Morgan fingerprint density at radius 1 is 0.929 bits per heavy atom. The van der Waals surface area contributed by atoms with Gasteiger partial charge in [-0.1, -0.05) is 36.4 Å². The minimum absolute atomic E-state index is 0.0393. The minimum Gasteiger partial charge on any atom is -0.457 e. The third-order valence-corrected chi connectivity index (χ3v) is 4.66. The van der Waals surface area contributed by atoms with Crippen molar-refractivity contribution in [1.29, 1.82) is 0 Å². The van der Waals surface area contributed by atoms with Crippen LogP contribution in [0.5, 0.6) is 11.5 Å². The number of anilines is 1. The molecule has 0 aliphatic rings. The number of guanidine groups is 1. The van der Waals surface area contributed by atoms with E-state index in [1.165, 1.54) is 12.1 Å². The first kappa shape index (κ1) is 19.4. The van der Waals surface area contributed by atoms with Crippen molar-refractivity contribution in [2.24, 2.45) is 15.9 Å². The van der Waals surface area contributed by atoms with Crippen molar-refractivity contribution in [3.8, 4) is 11.5 Å². The second-order valence-electron chi connectivity index (χ2n) is 5.96. The first-order valence-electron chi connectivity index (χ1n) is 8.42. The van der Waals surface area contributed by atoms with Crippen LogP contribution in [0.4, 0.5) is 5.69 Å². The number of primary sulfonamides is 1. The van der Waals surface area contributed by atoms with Gasteiger partial charge in [0, 0.05) is 11.8 Å². The van der Waals surface area contributed by atoms with Gasteiger partial charge in [-0.05, 0) is 42.0 Å². The van der Waals surface area contributed by atoms with Gasteiger partial charge in [0.1, 0.15) is 11.5 Å². The number of benzene rings is 3. The molecular formula is C20H20N4O3S. The molecule has 3 aromatic carbocycles. The van der Waals surface area contributed by atoms with E-state index in [9.17, 15) is 8.42 Å². The summed E-state index contributed by atoms with van der Waals surface area (Å²) in [6, 6.07) is 23.0. The number of rotatable bonds is 6. The zero-order valence-electron chi connectivity index (χ0n) is 14.9. The summed E-state index contributed by atoms with van der Waals surface area (Å²) in [6.45, 7) is 0.211. The van der Waals surface area contributed by atoms with Gasteiger partial charge in [0.05, 0.1) is 11.4 Å². The molecule has 3 rings (SSSR count). The average Bonchev–Trinajstić information content (AvgIpc) is 2.67. The maximum atomic E-state index is 11.4. The van der Waals surface area contributed by atoms with E-state index in [4.69, 9.17) is 15.6 Å². The van der Waals surface area contributed by atoms with Crippen LogP contribution in [0.1, 0.15) is 5.56 Å². The highest BCUT2D eigenvalue weighted by Gasteiger charge is 2.07. The summed E-state index contributed by atoms with van der Waals surface area (Å²) in [7, 11) is -3.75. The molecule has 5 N–H and O–H groups in total. The van der Waals surface area contributed by atoms with Gasteiger partial charge in [0.15, 0.2) is 5.96 Å². The van der Waals surface area contributed by atoms with Crippen LogP contribution in [0.15, 0.2) is 88.8 Å². The van der Waals surface area contributed by atoms with Gasteiger partial charge in [0.25, 0.3) is 0 Å². The Hall–Kier alpha value is -3.36. The summed E-state index contributed by atoms with van der Waals surface area (Å²) in [4.78, 5) is 4.27. The second kappa shape index (κ2) is 8.55. The number of ether oxygens (including phenoxy) is 1. The predicted molar refractivity (Wildman–Crippen MR) is 110 cm³/mol. The average molecular weight is 396 g/mol. The molecule has 0 aliphatic carbocycles. The summed E-state index contributed by atoms with van der Waals surface area (Å²) < 4.78 is 28.6. The highest BCUT2D eigenvalue weighted by molar-refractivity contribution is 7.89. The van der Waals surface area contributed by atoms with Gasteiger partial charge in [-0.2, -0.15) is 0 Å². The summed E-state index contributed by atoms with van der Waals surface area (Å²) in [5.74, 6) is 1.58. The van der Waals surface area contributed by atoms with Gasteiger partial charge in [-0.25, -0.2) is 18.5 Å². The molecule has 0 saturated heterocycles. The Morgan fingerprint density at radius 3 is 2.39 bits per heavy atom. The quantitative estimate of drug-likeness (QED) is 0.437. The smallest absolute Gasteiger partial charge is 0.238 e. The molecule has 0 aliphatic heterocycles. The van der Waals surface area contributed by atoms with E-state index < -0.39 is 10.0 Å². The molecule has 0 heterocycles. The molecule has 0 radical (unpaired) electrons. The lowest BCUT2D eigenvalue weighted by Crippen LogP contribution is -2.22. The van der Waals surface area contributed by atoms with E-state index in [0.29, 0.717) is 17.0 Å². The summed E-state index contributed by atoms with van der Waals surface area (Å²) >= 11 is 0. The fraction of sp³-hybridized carbons (Fsp3) is 0.0500. The third kappa shape index (κ3) is 5.57. The monoisotopic (exact) mass is 396 g/mol. The van der Waals surface area contributed by atoms with Crippen molar-refractivity contribution in [3.05, 3.63) is 84.4 Å². The lowest BCUT2D eigenvalue weighted by molar-refractivity contribution is 0.483. The van der Waals surface area contributed by atoms with Crippen LogP contribution in [0.3, 0.4) is 0 Å². The maximum absolute atomic E-state index is 11.4. The van der Waals surface area contributed by atoms with Crippen molar-refractivity contribution < 1.29 is 13.2 Å². The van der Waals surface area contributed by atoms with Gasteiger partial charge in [0.2, 0.25) is 10.0 Å². The molecule has 144 valence electrons. The molecule has 7 nitrogen and oxygen atoms in total. The fourth-order valence-electron chi connectivity index (χ4n) is 2.45. The predicted octanol–water partition coefficient (Wildman–Crippen LogP) is 3.05. The van der Waals surface area contributed by atoms with E-state index in [0.717, 1.165) is 5.75 Å². The highest BCUT2D eigenvalue weighted by Crippen LogP contribution is 2.23. The van der Waals surface area contributed by atoms with Crippen molar-refractivity contribution in [3.63, 3.8) is 0 Å². The van der Waals surface area contributed by atoms with Gasteiger partial charge >= 0.3 is 0 Å². The number of nitrogens with two attached hydrogens (primary N) is 2. The van der Waals surface area contributed by atoms with Crippen LogP contribution in [0.25, 0.3) is 0 Å². The first-order chi connectivity index (χ1) is 13.4. The standard InChI is InChI=1S/C20H20N4O3S/c21-20(23-14-15-6-4-11-19(12-15)28(22,25)26)24-16-7-5-10-18(13-16)27-17-8-2-1-3-9-17/h1-13H,14H2,(H3,21,23,24)(H2,22,25,26). The van der Waals surface area contributed by atoms with Crippen LogP contribution in [-0.4, -0.2) is 14.4 Å². The van der Waals surface area contributed by atoms with Crippen LogP contribution >= 0.6 is 0 Å². The molecule has 0 aromatic heterocycles. The Labute approximate surface area is 163 Å². The topological polar surface area (TPSA) is 120 Å². The van der Waals surface area contributed by atoms with E-state index in [-0.39, 0.29) is 17.4 Å². The van der Waals surface area contributed by atoms with E-state index in [1.54, 1.807) is 18.2 Å². The Bertz CT molecular complexity index is 1080. The highest BCUT2D eigenvalue weighted by atomic mass is 32.2. The van der Waals surface area contributed by atoms with E-state index >= 15 is 0 Å². The number of hydrogen-bond acceptors (Lipinski definition) is 4. The zero-order chi connectivity index (χ0) is 20.0. The molecule has 0 amide bonds. The Morgan fingerprint density at radius 2 is 1.64 bits per heavy atom. The molecule has 28 heavy (non-hydrogen) atoms. The number of hydrogen-bond donors (Lipinski definition) is 3. The lowest BCUT2D eigenvalue weighted by Gasteiger charge is -2.09. The Kier molecular flexibility index (Phi) is 5.93. The number of nitrogens with zero attached hydrogens (tertiary/aromatic N) is 1.